The molecule has 4 aromatic rings. The Morgan fingerprint density at radius 3 is 2.18 bits per heavy atom. The van der Waals surface area contributed by atoms with E-state index in [9.17, 15) is 18.0 Å². The number of amides is 2. The van der Waals surface area contributed by atoms with Crippen LogP contribution >= 0.6 is 11.6 Å². The Kier molecular flexibility index (Phi) is 10.7. The van der Waals surface area contributed by atoms with E-state index in [-0.39, 0.29) is 23.8 Å². The molecule has 1 unspecified atom stereocenters. The van der Waals surface area contributed by atoms with Gasteiger partial charge in [-0.05, 0) is 84.6 Å². The van der Waals surface area contributed by atoms with Crippen molar-refractivity contribution in [2.24, 2.45) is 0 Å². The highest BCUT2D eigenvalue weighted by molar-refractivity contribution is 7.92. The quantitative estimate of drug-likeness (QED) is 0.221. The van der Waals surface area contributed by atoms with Crippen LogP contribution in [-0.4, -0.2) is 51.9 Å². The number of carbonyl (C=O) groups excluding carboxylic acids is 2. The lowest BCUT2D eigenvalue weighted by Gasteiger charge is -2.33. The average Bonchev–Trinajstić information content (AvgIpc) is 3.03. The minimum atomic E-state index is -4.22. The van der Waals surface area contributed by atoms with Gasteiger partial charge < -0.3 is 15.0 Å². The zero-order valence-electron chi connectivity index (χ0n) is 25.2. The fourth-order valence-corrected chi connectivity index (χ4v) is 6.36. The molecule has 0 aliphatic carbocycles. The summed E-state index contributed by atoms with van der Waals surface area (Å²) < 4.78 is 34.7. The van der Waals surface area contributed by atoms with Crippen LogP contribution < -0.4 is 14.4 Å². The van der Waals surface area contributed by atoms with Crippen LogP contribution in [0.4, 0.5) is 5.69 Å². The van der Waals surface area contributed by atoms with Crippen LogP contribution in [0.15, 0.2) is 102 Å². The molecule has 0 heterocycles. The number of aryl methyl sites for hydroxylation is 2. The monoisotopic (exact) mass is 633 g/mol. The number of rotatable bonds is 12. The molecule has 0 saturated heterocycles. The molecular weight excluding hydrogens is 598 g/mol. The van der Waals surface area contributed by atoms with Crippen LogP contribution in [-0.2, 0) is 32.6 Å². The van der Waals surface area contributed by atoms with Gasteiger partial charge in [-0.2, -0.15) is 0 Å². The zero-order chi connectivity index (χ0) is 31.9. The van der Waals surface area contributed by atoms with E-state index < -0.39 is 28.5 Å². The van der Waals surface area contributed by atoms with E-state index >= 15 is 0 Å². The molecule has 0 aliphatic rings. The molecule has 0 radical (unpaired) electrons. The van der Waals surface area contributed by atoms with Gasteiger partial charge in [0.25, 0.3) is 10.0 Å². The van der Waals surface area contributed by atoms with Crippen LogP contribution in [0.25, 0.3) is 0 Å². The minimum absolute atomic E-state index is 0.0144. The lowest BCUT2D eigenvalue weighted by atomic mass is 10.0. The van der Waals surface area contributed by atoms with Gasteiger partial charge in [-0.25, -0.2) is 8.42 Å². The van der Waals surface area contributed by atoms with Crippen LogP contribution in [0.5, 0.6) is 5.75 Å². The smallest absolute Gasteiger partial charge is 0.264 e. The molecule has 2 amide bonds. The van der Waals surface area contributed by atoms with Crippen molar-refractivity contribution in [2.75, 3.05) is 25.0 Å². The SMILES string of the molecule is CNC(=O)C(Cc1ccccc1)N(Cc1cccc(OC)c1)C(=O)CN(c1ccc(C)c(C)c1)S(=O)(=O)c1ccc(Cl)cc1. The number of methoxy groups -OCH3 is 1. The molecule has 0 fully saturated rings. The number of benzene rings is 4. The van der Waals surface area contributed by atoms with E-state index in [2.05, 4.69) is 5.32 Å². The van der Waals surface area contributed by atoms with Gasteiger partial charge in [0, 0.05) is 25.0 Å². The van der Waals surface area contributed by atoms with Gasteiger partial charge in [-0.1, -0.05) is 60.1 Å². The lowest BCUT2D eigenvalue weighted by Crippen LogP contribution is -2.53. The predicted octanol–water partition coefficient (Wildman–Crippen LogP) is 5.55. The second kappa shape index (κ2) is 14.4. The van der Waals surface area contributed by atoms with Gasteiger partial charge in [-0.15, -0.1) is 0 Å². The largest absolute Gasteiger partial charge is 0.497 e. The first kappa shape index (κ1) is 32.6. The van der Waals surface area contributed by atoms with Gasteiger partial charge in [0.05, 0.1) is 17.7 Å². The first-order valence-corrected chi connectivity index (χ1v) is 15.9. The first-order chi connectivity index (χ1) is 21.0. The third-order valence-electron chi connectivity index (χ3n) is 7.46. The van der Waals surface area contributed by atoms with Crippen molar-refractivity contribution in [1.82, 2.24) is 10.2 Å². The number of hydrogen-bond donors (Lipinski definition) is 1. The molecular formula is C34H36ClN3O5S. The van der Waals surface area contributed by atoms with Crippen LogP contribution in [0.3, 0.4) is 0 Å². The molecule has 44 heavy (non-hydrogen) atoms. The maximum Gasteiger partial charge on any atom is 0.264 e. The third-order valence-corrected chi connectivity index (χ3v) is 9.50. The number of ether oxygens (including phenoxy) is 1. The molecule has 0 aromatic heterocycles. The van der Waals surface area contributed by atoms with Crippen LogP contribution in [0.1, 0.15) is 22.3 Å². The normalized spacial score (nSPS) is 11.8. The van der Waals surface area contributed by atoms with E-state index in [0.717, 1.165) is 26.6 Å². The molecule has 0 spiro atoms. The summed E-state index contributed by atoms with van der Waals surface area (Å²) in [6, 6.07) is 26.7. The van der Waals surface area contributed by atoms with Gasteiger partial charge in [0.15, 0.2) is 0 Å². The summed E-state index contributed by atoms with van der Waals surface area (Å²) in [7, 11) is -1.15. The minimum Gasteiger partial charge on any atom is -0.497 e. The Bertz CT molecular complexity index is 1710. The highest BCUT2D eigenvalue weighted by Gasteiger charge is 2.34. The summed E-state index contributed by atoms with van der Waals surface area (Å²) in [6.45, 7) is 3.31. The third kappa shape index (κ3) is 7.78. The Morgan fingerprint density at radius 2 is 1.55 bits per heavy atom. The number of sulfonamides is 1. The molecule has 0 bridgehead atoms. The van der Waals surface area contributed by atoms with Gasteiger partial charge >= 0.3 is 0 Å². The molecule has 4 rings (SSSR count). The van der Waals surface area contributed by atoms with Crippen molar-refractivity contribution in [3.8, 4) is 5.75 Å². The summed E-state index contributed by atoms with van der Waals surface area (Å²) in [5, 5.41) is 3.07. The van der Waals surface area contributed by atoms with Crippen LogP contribution in [0.2, 0.25) is 5.02 Å². The number of nitrogens with zero attached hydrogens (tertiary/aromatic N) is 2. The van der Waals surface area contributed by atoms with Crippen molar-refractivity contribution < 1.29 is 22.7 Å². The number of carbonyl (C=O) groups is 2. The molecule has 10 heteroatoms. The van der Waals surface area contributed by atoms with Crippen molar-refractivity contribution in [3.63, 3.8) is 0 Å². The number of likely N-dealkylation sites (N-methyl/N-ethyl adjacent to an activating group) is 1. The average molecular weight is 634 g/mol. The summed E-state index contributed by atoms with van der Waals surface area (Å²) in [4.78, 5) is 29.2. The standard InChI is InChI=1S/C34H36ClN3O5S/c1-24-13-16-29(19-25(24)2)38(44(41,42)31-17-14-28(35)15-18-31)23-33(39)37(22-27-11-8-12-30(20-27)43-4)32(34(40)36-3)21-26-9-6-5-7-10-26/h5-20,32H,21-23H2,1-4H3,(H,36,40). The Hall–Kier alpha value is -4.34. The second-order valence-corrected chi connectivity index (χ2v) is 12.7. The van der Waals surface area contributed by atoms with Crippen LogP contribution in [0, 0.1) is 13.8 Å². The summed E-state index contributed by atoms with van der Waals surface area (Å²) in [6.07, 6.45) is 0.226. The summed E-state index contributed by atoms with van der Waals surface area (Å²) in [5.74, 6) is -0.326. The van der Waals surface area contributed by atoms with Gasteiger partial charge in [0.2, 0.25) is 11.8 Å². The number of nitrogens with one attached hydrogen (secondary N) is 1. The van der Waals surface area contributed by atoms with E-state index in [1.165, 1.54) is 36.2 Å². The molecule has 8 nitrogen and oxygen atoms in total. The van der Waals surface area contributed by atoms with E-state index in [0.29, 0.717) is 16.5 Å². The first-order valence-electron chi connectivity index (χ1n) is 14.1. The molecule has 0 aliphatic heterocycles. The molecule has 230 valence electrons. The van der Waals surface area contributed by atoms with Crippen molar-refractivity contribution >= 4 is 39.1 Å². The molecule has 1 atom stereocenters. The number of anilines is 1. The van der Waals surface area contributed by atoms with E-state index in [1.54, 1.807) is 37.4 Å². The zero-order valence-corrected chi connectivity index (χ0v) is 26.7. The second-order valence-electron chi connectivity index (χ2n) is 10.4. The highest BCUT2D eigenvalue weighted by Crippen LogP contribution is 2.28. The Labute approximate surface area is 264 Å². The maximum absolute atomic E-state index is 14.4. The fraction of sp³-hybridized carbons (Fsp3) is 0.235. The number of halogens is 1. The lowest BCUT2D eigenvalue weighted by molar-refractivity contribution is -0.139. The molecule has 1 N–H and O–H groups in total. The van der Waals surface area contributed by atoms with Crippen molar-refractivity contribution in [1.29, 1.82) is 0 Å². The Morgan fingerprint density at radius 1 is 0.864 bits per heavy atom. The summed E-state index contributed by atoms with van der Waals surface area (Å²) >= 11 is 6.05. The predicted molar refractivity (Wildman–Crippen MR) is 173 cm³/mol. The molecule has 0 saturated carbocycles. The topological polar surface area (TPSA) is 96.0 Å². The Balaban J connectivity index is 1.81. The maximum atomic E-state index is 14.4. The van der Waals surface area contributed by atoms with Crippen molar-refractivity contribution in [2.45, 2.75) is 37.8 Å². The van der Waals surface area contributed by atoms with Gasteiger partial charge in [-0.3, -0.25) is 13.9 Å². The van der Waals surface area contributed by atoms with Gasteiger partial charge in [0.1, 0.15) is 18.3 Å². The molecule has 4 aromatic carbocycles. The highest BCUT2D eigenvalue weighted by atomic mass is 35.5. The fourth-order valence-electron chi connectivity index (χ4n) is 4.83. The van der Waals surface area contributed by atoms with E-state index in [1.807, 2.05) is 56.3 Å². The van der Waals surface area contributed by atoms with E-state index in [4.69, 9.17) is 16.3 Å². The number of hydrogen-bond acceptors (Lipinski definition) is 5. The summed E-state index contributed by atoms with van der Waals surface area (Å²) in [5.41, 5.74) is 3.75. The van der Waals surface area contributed by atoms with Crippen molar-refractivity contribution in [3.05, 3.63) is 124 Å².